The third kappa shape index (κ3) is 7.46. The van der Waals surface area contributed by atoms with Crippen molar-refractivity contribution in [1.29, 1.82) is 0 Å². The molecule has 3 heterocycles. The first-order valence-corrected chi connectivity index (χ1v) is 13.2. The Morgan fingerprint density at radius 2 is 1.97 bits per heavy atom. The van der Waals surface area contributed by atoms with Crippen LogP contribution >= 0.6 is 35.5 Å². The molecule has 4 N–H and O–H groups in total. The Hall–Kier alpha value is -3.21. The van der Waals surface area contributed by atoms with E-state index in [1.165, 1.54) is 42.2 Å². The maximum absolute atomic E-state index is 13.0. The summed E-state index contributed by atoms with van der Waals surface area (Å²) in [5.74, 6) is -2.73. The number of ether oxygens (including phenoxy) is 2. The number of thioether (sulfide) groups is 1. The van der Waals surface area contributed by atoms with Gasteiger partial charge in [0.15, 0.2) is 10.8 Å². The summed E-state index contributed by atoms with van der Waals surface area (Å²) >= 11 is 2.38. The van der Waals surface area contributed by atoms with Crippen molar-refractivity contribution in [2.75, 3.05) is 25.0 Å². The van der Waals surface area contributed by atoms with E-state index in [2.05, 4.69) is 20.8 Å². The first-order valence-electron chi connectivity index (χ1n) is 11.3. The number of oxime groups is 1. The molecule has 3 amide bonds. The lowest BCUT2D eigenvalue weighted by Crippen LogP contribution is -2.70. The molecule has 1 unspecified atom stereocenters. The SMILES string of the molecule is CON=C(C(=O)NC1C(=O)N2C(C(=O)OCOC(=O)C(C)(C)C)=CCS[C@H]12)c1csc(NC(=O)[C@@H](C)N)n1.Cl. The number of amides is 3. The van der Waals surface area contributed by atoms with Crippen molar-refractivity contribution < 1.29 is 38.3 Å². The van der Waals surface area contributed by atoms with Gasteiger partial charge in [0.1, 0.15) is 29.9 Å². The van der Waals surface area contributed by atoms with E-state index in [0.29, 0.717) is 5.75 Å². The zero-order valence-corrected chi connectivity index (χ0v) is 24.2. The number of β-lactam (4-membered cyclic amide) rings is 1. The number of aromatic nitrogens is 1. The number of nitrogens with zero attached hydrogens (tertiary/aromatic N) is 3. The topological polar surface area (TPSA) is 192 Å². The van der Waals surface area contributed by atoms with Crippen LogP contribution in [0.15, 0.2) is 22.3 Å². The lowest BCUT2D eigenvalue weighted by molar-refractivity contribution is -0.173. The molecule has 1 fully saturated rings. The van der Waals surface area contributed by atoms with E-state index in [-0.39, 0.29) is 34.6 Å². The molecule has 2 aliphatic rings. The van der Waals surface area contributed by atoms with Crippen LogP contribution in [0.3, 0.4) is 0 Å². The highest BCUT2D eigenvalue weighted by Gasteiger charge is 2.53. The van der Waals surface area contributed by atoms with Crippen molar-refractivity contribution in [1.82, 2.24) is 15.2 Å². The highest BCUT2D eigenvalue weighted by Crippen LogP contribution is 2.38. The fourth-order valence-corrected chi connectivity index (χ4v) is 5.01. The van der Waals surface area contributed by atoms with Gasteiger partial charge in [-0.15, -0.1) is 35.5 Å². The van der Waals surface area contributed by atoms with Gasteiger partial charge in [-0.25, -0.2) is 9.78 Å². The lowest BCUT2D eigenvalue weighted by atomic mass is 9.98. The summed E-state index contributed by atoms with van der Waals surface area (Å²) in [6, 6.07) is -1.71. The van der Waals surface area contributed by atoms with Crippen molar-refractivity contribution in [3.63, 3.8) is 0 Å². The number of carbonyl (C=O) groups excluding carboxylic acids is 5. The minimum absolute atomic E-state index is 0. The molecule has 1 saturated heterocycles. The molecule has 17 heteroatoms. The van der Waals surface area contributed by atoms with Crippen LogP contribution in [0.25, 0.3) is 0 Å². The molecule has 1 aromatic rings. The fourth-order valence-electron chi connectivity index (χ4n) is 3.12. The number of carbonyl (C=O) groups is 5. The second-order valence-corrected chi connectivity index (χ2v) is 11.2. The second-order valence-electron chi connectivity index (χ2n) is 9.14. The van der Waals surface area contributed by atoms with Crippen LogP contribution in [0, 0.1) is 5.41 Å². The third-order valence-corrected chi connectivity index (χ3v) is 7.06. The molecule has 214 valence electrons. The maximum Gasteiger partial charge on any atom is 0.357 e. The van der Waals surface area contributed by atoms with Gasteiger partial charge >= 0.3 is 11.9 Å². The summed E-state index contributed by atoms with van der Waals surface area (Å²) in [5.41, 5.74) is 4.67. The monoisotopic (exact) mass is 604 g/mol. The summed E-state index contributed by atoms with van der Waals surface area (Å²) in [4.78, 5) is 72.2. The van der Waals surface area contributed by atoms with E-state index in [1.54, 1.807) is 20.8 Å². The Kier molecular flexibility index (Phi) is 10.9. The summed E-state index contributed by atoms with van der Waals surface area (Å²) in [6.07, 6.45) is 1.52. The Morgan fingerprint density at radius 3 is 2.59 bits per heavy atom. The van der Waals surface area contributed by atoms with E-state index in [0.717, 1.165) is 11.3 Å². The van der Waals surface area contributed by atoms with Crippen molar-refractivity contribution in [2.24, 2.45) is 16.3 Å². The number of hydrogen-bond acceptors (Lipinski definition) is 13. The predicted molar refractivity (Wildman–Crippen MR) is 145 cm³/mol. The molecule has 0 aromatic carbocycles. The Bertz CT molecular complexity index is 1200. The van der Waals surface area contributed by atoms with Crippen molar-refractivity contribution in [2.45, 2.75) is 45.2 Å². The van der Waals surface area contributed by atoms with E-state index in [9.17, 15) is 24.0 Å². The first-order chi connectivity index (χ1) is 17.8. The molecule has 39 heavy (non-hydrogen) atoms. The number of esters is 2. The standard InChI is InChI=1S/C22H28N6O8S2.ClH/c1-10(23)15(29)26-21-24-11(8-38-21)13(27-34-5)16(30)25-14-17(31)28-12(6-7-37-18(14)28)19(32)35-9-36-20(33)22(2,3)4;/h6,8,10,14,18H,7,9,23H2,1-5H3,(H,25,30)(H,24,26,29);1H/t10-,14?,18-;/m1./s1. The second kappa shape index (κ2) is 13.2. The zero-order valence-electron chi connectivity index (χ0n) is 21.7. The molecular formula is C22H29ClN6O8S2. The maximum atomic E-state index is 13.0. The van der Waals surface area contributed by atoms with Crippen LogP contribution in [0.2, 0.25) is 0 Å². The first kappa shape index (κ1) is 32.0. The number of fused-ring (bicyclic) bond motifs is 1. The molecule has 14 nitrogen and oxygen atoms in total. The normalized spacial score (nSPS) is 19.3. The molecule has 0 bridgehead atoms. The summed E-state index contributed by atoms with van der Waals surface area (Å²) in [6.45, 7) is 5.90. The van der Waals surface area contributed by atoms with Crippen LogP contribution in [-0.2, 0) is 38.3 Å². The van der Waals surface area contributed by atoms with E-state index in [4.69, 9.17) is 20.0 Å². The molecule has 0 spiro atoms. The molecule has 3 atom stereocenters. The highest BCUT2D eigenvalue weighted by molar-refractivity contribution is 8.00. The lowest BCUT2D eigenvalue weighted by Gasteiger charge is -2.48. The van der Waals surface area contributed by atoms with Gasteiger partial charge in [0.25, 0.3) is 11.8 Å². The summed E-state index contributed by atoms with van der Waals surface area (Å²) < 4.78 is 9.96. The summed E-state index contributed by atoms with van der Waals surface area (Å²) in [5, 5.41) is 9.96. The van der Waals surface area contributed by atoms with Crippen LogP contribution in [0.4, 0.5) is 5.13 Å². The Balaban J connectivity index is 0.00000533. The quantitative estimate of drug-likeness (QED) is 0.117. The average molecular weight is 605 g/mol. The average Bonchev–Trinajstić information content (AvgIpc) is 3.31. The van der Waals surface area contributed by atoms with Gasteiger partial charge in [-0.2, -0.15) is 0 Å². The number of nitrogens with one attached hydrogen (secondary N) is 2. The van der Waals surface area contributed by atoms with Gasteiger partial charge in [-0.3, -0.25) is 24.1 Å². The molecule has 0 radical (unpaired) electrons. The third-order valence-electron chi connectivity index (χ3n) is 5.12. The van der Waals surface area contributed by atoms with Gasteiger partial charge in [0, 0.05) is 11.1 Å². The molecule has 3 rings (SSSR count). The van der Waals surface area contributed by atoms with Crippen molar-refractivity contribution in [3.05, 3.63) is 22.8 Å². The van der Waals surface area contributed by atoms with Crippen molar-refractivity contribution >= 4 is 76.0 Å². The number of anilines is 1. The molecule has 0 saturated carbocycles. The number of rotatable bonds is 9. The smallest absolute Gasteiger partial charge is 0.357 e. The Labute approximate surface area is 238 Å². The number of hydrogen-bond donors (Lipinski definition) is 3. The molecule has 0 aliphatic carbocycles. The van der Waals surface area contributed by atoms with E-state index >= 15 is 0 Å². The fraction of sp³-hybridized carbons (Fsp3) is 0.500. The minimum atomic E-state index is -0.958. The summed E-state index contributed by atoms with van der Waals surface area (Å²) in [7, 11) is 1.24. The van der Waals surface area contributed by atoms with Gasteiger partial charge < -0.3 is 30.7 Å². The molecule has 1 aromatic heterocycles. The van der Waals surface area contributed by atoms with Gasteiger partial charge in [0.2, 0.25) is 12.7 Å². The van der Waals surface area contributed by atoms with Gasteiger partial charge in [0.05, 0.1) is 11.5 Å². The van der Waals surface area contributed by atoms with Crippen LogP contribution in [0.5, 0.6) is 0 Å². The van der Waals surface area contributed by atoms with Crippen LogP contribution < -0.4 is 16.4 Å². The Morgan fingerprint density at radius 1 is 1.28 bits per heavy atom. The highest BCUT2D eigenvalue weighted by atomic mass is 35.5. The zero-order chi connectivity index (χ0) is 28.2. The van der Waals surface area contributed by atoms with Gasteiger partial charge in [-0.1, -0.05) is 5.16 Å². The van der Waals surface area contributed by atoms with Crippen molar-refractivity contribution in [3.8, 4) is 0 Å². The van der Waals surface area contributed by atoms with E-state index < -0.39 is 59.3 Å². The van der Waals surface area contributed by atoms with Crippen LogP contribution in [0.1, 0.15) is 33.4 Å². The van der Waals surface area contributed by atoms with E-state index in [1.807, 2.05) is 0 Å². The molecular weight excluding hydrogens is 576 g/mol. The number of thiazole rings is 1. The van der Waals surface area contributed by atoms with Crippen LogP contribution in [-0.4, -0.2) is 82.4 Å². The minimum Gasteiger partial charge on any atom is -0.427 e. The van der Waals surface area contributed by atoms with Gasteiger partial charge in [-0.05, 0) is 33.8 Å². The number of halogens is 1. The number of nitrogens with two attached hydrogens (primary N) is 1. The predicted octanol–water partition coefficient (Wildman–Crippen LogP) is 0.575. The largest absolute Gasteiger partial charge is 0.427 e. The molecule has 2 aliphatic heterocycles.